The third-order valence-electron chi connectivity index (χ3n) is 2.53. The zero-order valence-electron chi connectivity index (χ0n) is 10.2. The van der Waals surface area contributed by atoms with Gasteiger partial charge in [-0.3, -0.25) is 4.79 Å². The number of halogens is 1. The SMILES string of the molecule is Cn1nnc(Br)c1C(=O)c1cccc(S(C)(=O)=O)c1. The lowest BCUT2D eigenvalue weighted by atomic mass is 10.1. The number of benzene rings is 1. The molecule has 2 rings (SSSR count). The van der Waals surface area contributed by atoms with Crippen molar-refractivity contribution in [2.24, 2.45) is 7.05 Å². The third kappa shape index (κ3) is 2.74. The summed E-state index contributed by atoms with van der Waals surface area (Å²) in [5.41, 5.74) is 0.541. The molecule has 0 N–H and O–H groups in total. The number of aromatic nitrogens is 3. The fourth-order valence-electron chi connectivity index (χ4n) is 1.58. The summed E-state index contributed by atoms with van der Waals surface area (Å²) < 4.78 is 24.6. The molecule has 0 unspecified atom stereocenters. The van der Waals surface area contributed by atoms with Crippen molar-refractivity contribution in [3.8, 4) is 0 Å². The quantitative estimate of drug-likeness (QED) is 0.782. The van der Waals surface area contributed by atoms with Crippen molar-refractivity contribution in [3.05, 3.63) is 40.1 Å². The lowest BCUT2D eigenvalue weighted by Crippen LogP contribution is -2.10. The maximum atomic E-state index is 12.3. The average Bonchev–Trinajstić information content (AvgIpc) is 2.67. The van der Waals surface area contributed by atoms with Crippen LogP contribution in [0.25, 0.3) is 0 Å². The molecule has 6 nitrogen and oxygen atoms in total. The lowest BCUT2D eigenvalue weighted by Gasteiger charge is -2.03. The fraction of sp³-hybridized carbons (Fsp3) is 0.182. The van der Waals surface area contributed by atoms with E-state index in [1.807, 2.05) is 0 Å². The average molecular weight is 344 g/mol. The van der Waals surface area contributed by atoms with E-state index in [1.54, 1.807) is 13.1 Å². The zero-order valence-corrected chi connectivity index (χ0v) is 12.6. The van der Waals surface area contributed by atoms with Gasteiger partial charge >= 0.3 is 0 Å². The molecule has 0 amide bonds. The van der Waals surface area contributed by atoms with E-state index in [2.05, 4.69) is 26.2 Å². The number of sulfone groups is 1. The minimum atomic E-state index is -3.35. The van der Waals surface area contributed by atoms with Crippen molar-refractivity contribution < 1.29 is 13.2 Å². The Balaban J connectivity index is 2.52. The summed E-state index contributed by atoms with van der Waals surface area (Å²) in [7, 11) is -1.76. The summed E-state index contributed by atoms with van der Waals surface area (Å²) >= 11 is 3.14. The van der Waals surface area contributed by atoms with Crippen LogP contribution in [0.1, 0.15) is 16.1 Å². The molecule has 8 heteroatoms. The Labute approximate surface area is 118 Å². The smallest absolute Gasteiger partial charge is 0.213 e. The molecule has 1 aromatic heterocycles. The maximum absolute atomic E-state index is 12.3. The van der Waals surface area contributed by atoms with Crippen LogP contribution in [0.4, 0.5) is 0 Å². The largest absolute Gasteiger partial charge is 0.287 e. The van der Waals surface area contributed by atoms with E-state index in [0.29, 0.717) is 4.60 Å². The standard InChI is InChI=1S/C11H10BrN3O3S/c1-15-9(11(12)13-14-15)10(16)7-4-3-5-8(6-7)19(2,17)18/h3-6H,1-2H3. The molecule has 0 saturated heterocycles. The van der Waals surface area contributed by atoms with Crippen molar-refractivity contribution in [2.75, 3.05) is 6.26 Å². The van der Waals surface area contributed by atoms with Crippen LogP contribution in [0.3, 0.4) is 0 Å². The van der Waals surface area contributed by atoms with Crippen LogP contribution >= 0.6 is 15.9 Å². The monoisotopic (exact) mass is 343 g/mol. The molecule has 100 valence electrons. The van der Waals surface area contributed by atoms with E-state index < -0.39 is 9.84 Å². The molecule has 0 fully saturated rings. The number of hydrogen-bond donors (Lipinski definition) is 0. The Bertz CT molecular complexity index is 733. The summed E-state index contributed by atoms with van der Waals surface area (Å²) in [5.74, 6) is -0.343. The Kier molecular flexibility index (Phi) is 3.55. The molecule has 0 saturated carbocycles. The minimum absolute atomic E-state index is 0.101. The van der Waals surface area contributed by atoms with Gasteiger partial charge in [0.2, 0.25) is 5.78 Å². The normalized spacial score (nSPS) is 11.5. The van der Waals surface area contributed by atoms with E-state index in [0.717, 1.165) is 6.26 Å². The molecular formula is C11H10BrN3O3S. The summed E-state index contributed by atoms with van der Waals surface area (Å²) in [6.07, 6.45) is 1.10. The van der Waals surface area contributed by atoms with Gasteiger partial charge in [0.05, 0.1) is 4.90 Å². The molecule has 0 atom stereocenters. The van der Waals surface area contributed by atoms with Crippen LogP contribution < -0.4 is 0 Å². The van der Waals surface area contributed by atoms with Gasteiger partial charge in [-0.15, -0.1) is 5.10 Å². The van der Waals surface area contributed by atoms with E-state index in [1.165, 1.54) is 22.9 Å². The first-order valence-electron chi connectivity index (χ1n) is 5.20. The fourth-order valence-corrected chi connectivity index (χ4v) is 2.75. The number of ketones is 1. The number of hydrogen-bond acceptors (Lipinski definition) is 5. The molecule has 0 bridgehead atoms. The van der Waals surface area contributed by atoms with Gasteiger partial charge in [-0.1, -0.05) is 17.3 Å². The second-order valence-electron chi connectivity index (χ2n) is 3.98. The molecule has 2 aromatic rings. The molecule has 1 aromatic carbocycles. The van der Waals surface area contributed by atoms with Crippen LogP contribution in [0.2, 0.25) is 0 Å². The first-order chi connectivity index (χ1) is 8.80. The molecular weight excluding hydrogens is 334 g/mol. The third-order valence-corrected chi connectivity index (χ3v) is 4.17. The number of carbonyl (C=O) groups excluding carboxylic acids is 1. The van der Waals surface area contributed by atoms with Crippen LogP contribution in [0.5, 0.6) is 0 Å². The number of carbonyl (C=O) groups is 1. The van der Waals surface area contributed by atoms with Gasteiger partial charge in [-0.25, -0.2) is 13.1 Å². The van der Waals surface area contributed by atoms with Crippen LogP contribution in [0, 0.1) is 0 Å². The summed E-state index contributed by atoms with van der Waals surface area (Å²) in [6.45, 7) is 0. The number of rotatable bonds is 3. The molecule has 0 spiro atoms. The summed E-state index contributed by atoms with van der Waals surface area (Å²) in [6, 6.07) is 5.87. The van der Waals surface area contributed by atoms with Crippen LogP contribution in [-0.2, 0) is 16.9 Å². The predicted octanol–water partition coefficient (Wildman–Crippen LogP) is 1.21. The summed E-state index contributed by atoms with van der Waals surface area (Å²) in [5, 5.41) is 7.44. The molecule has 0 aliphatic heterocycles. The second kappa shape index (κ2) is 4.86. The Morgan fingerprint density at radius 1 is 1.37 bits per heavy atom. The highest BCUT2D eigenvalue weighted by Crippen LogP contribution is 2.19. The topological polar surface area (TPSA) is 81.9 Å². The van der Waals surface area contributed by atoms with Gasteiger partial charge in [-0.2, -0.15) is 0 Å². The van der Waals surface area contributed by atoms with Crippen molar-refractivity contribution in [2.45, 2.75) is 4.90 Å². The van der Waals surface area contributed by atoms with Crippen LogP contribution in [0.15, 0.2) is 33.8 Å². The number of nitrogens with zero attached hydrogens (tertiary/aromatic N) is 3. The van der Waals surface area contributed by atoms with Crippen molar-refractivity contribution in [1.82, 2.24) is 15.0 Å². The Morgan fingerprint density at radius 3 is 2.58 bits per heavy atom. The highest BCUT2D eigenvalue weighted by molar-refractivity contribution is 9.10. The summed E-state index contributed by atoms with van der Waals surface area (Å²) in [4.78, 5) is 12.4. The van der Waals surface area contributed by atoms with Crippen molar-refractivity contribution >= 4 is 31.6 Å². The molecule has 19 heavy (non-hydrogen) atoms. The van der Waals surface area contributed by atoms with Crippen molar-refractivity contribution in [1.29, 1.82) is 0 Å². The molecule has 1 heterocycles. The maximum Gasteiger partial charge on any atom is 0.213 e. The minimum Gasteiger partial charge on any atom is -0.287 e. The Morgan fingerprint density at radius 2 is 2.05 bits per heavy atom. The predicted molar refractivity (Wildman–Crippen MR) is 71.7 cm³/mol. The molecule has 0 aliphatic rings. The van der Waals surface area contributed by atoms with Gasteiger partial charge in [0.25, 0.3) is 0 Å². The number of aryl methyl sites for hydroxylation is 1. The van der Waals surface area contributed by atoms with Gasteiger partial charge in [-0.05, 0) is 28.1 Å². The van der Waals surface area contributed by atoms with Gasteiger partial charge in [0.1, 0.15) is 5.69 Å². The highest BCUT2D eigenvalue weighted by Gasteiger charge is 2.20. The lowest BCUT2D eigenvalue weighted by molar-refractivity contribution is 0.102. The van der Waals surface area contributed by atoms with E-state index in [9.17, 15) is 13.2 Å². The first-order valence-corrected chi connectivity index (χ1v) is 7.89. The van der Waals surface area contributed by atoms with Gasteiger partial charge in [0.15, 0.2) is 14.4 Å². The van der Waals surface area contributed by atoms with Gasteiger partial charge in [0, 0.05) is 18.9 Å². The van der Waals surface area contributed by atoms with E-state index in [-0.39, 0.29) is 21.9 Å². The Hall–Kier alpha value is -1.54. The highest BCUT2D eigenvalue weighted by atomic mass is 79.9. The van der Waals surface area contributed by atoms with Crippen LogP contribution in [-0.4, -0.2) is 35.5 Å². The van der Waals surface area contributed by atoms with Crippen molar-refractivity contribution in [3.63, 3.8) is 0 Å². The van der Waals surface area contributed by atoms with E-state index >= 15 is 0 Å². The second-order valence-corrected chi connectivity index (χ2v) is 6.75. The molecule has 0 aliphatic carbocycles. The zero-order chi connectivity index (χ0) is 14.2. The molecule has 0 radical (unpaired) electrons. The first kappa shape index (κ1) is 13.9. The van der Waals surface area contributed by atoms with Gasteiger partial charge < -0.3 is 0 Å². The van der Waals surface area contributed by atoms with E-state index in [4.69, 9.17) is 0 Å².